The van der Waals surface area contributed by atoms with E-state index < -0.39 is 29.4 Å². The highest BCUT2D eigenvalue weighted by Crippen LogP contribution is 2.44. The summed E-state index contributed by atoms with van der Waals surface area (Å²) in [5.41, 5.74) is 1.24. The van der Waals surface area contributed by atoms with Gasteiger partial charge in [0.2, 0.25) is 0 Å². The molecule has 2 N–H and O–H groups in total. The summed E-state index contributed by atoms with van der Waals surface area (Å²) in [6, 6.07) is 9.46. The molecule has 200 valence electrons. The summed E-state index contributed by atoms with van der Waals surface area (Å²) < 4.78 is 46.7. The van der Waals surface area contributed by atoms with Crippen molar-refractivity contribution >= 4 is 10.9 Å². The summed E-state index contributed by atoms with van der Waals surface area (Å²) >= 11 is 0. The molecular weight excluding hydrogens is 475 g/mol. The lowest BCUT2D eigenvalue weighted by atomic mass is 9.85. The highest BCUT2D eigenvalue weighted by molar-refractivity contribution is 5.85. The Labute approximate surface area is 217 Å². The zero-order valence-corrected chi connectivity index (χ0v) is 22.2. The number of rotatable bonds is 8. The average Bonchev–Trinajstić information content (AvgIpc) is 3.16. The summed E-state index contributed by atoms with van der Waals surface area (Å²) in [4.78, 5) is 7.53. The molecule has 3 aromatic rings. The second kappa shape index (κ2) is 10.1. The molecule has 0 spiro atoms. The number of nitrogens with zero attached hydrogens (tertiary/aromatic N) is 2. The van der Waals surface area contributed by atoms with Crippen molar-refractivity contribution in [3.63, 3.8) is 0 Å². The van der Waals surface area contributed by atoms with Gasteiger partial charge in [-0.25, -0.2) is 13.2 Å². The molecule has 0 radical (unpaired) electrons. The van der Waals surface area contributed by atoms with E-state index in [2.05, 4.69) is 16.8 Å². The molecule has 0 amide bonds. The Morgan fingerprint density at radius 3 is 2.46 bits per heavy atom. The predicted octanol–water partition coefficient (Wildman–Crippen LogP) is 6.30. The number of aliphatic hydroxyl groups excluding tert-OH is 1. The summed E-state index contributed by atoms with van der Waals surface area (Å²) in [5, 5.41) is 11.9. The number of hydrogen-bond acceptors (Lipinski definition) is 3. The van der Waals surface area contributed by atoms with Crippen LogP contribution in [0.3, 0.4) is 0 Å². The number of aromatic amines is 1. The number of H-pyrrole nitrogens is 1. The molecule has 4 nitrogen and oxygen atoms in total. The molecule has 1 aromatic heterocycles. The first kappa shape index (κ1) is 26.3. The maximum atomic E-state index is 15.9. The van der Waals surface area contributed by atoms with Crippen molar-refractivity contribution < 1.29 is 18.3 Å². The lowest BCUT2D eigenvalue weighted by Gasteiger charge is -2.43. The molecule has 1 fully saturated rings. The fraction of sp³-hybridized carbons (Fsp3) is 0.533. The summed E-state index contributed by atoms with van der Waals surface area (Å²) in [6.45, 7) is 9.58. The molecule has 37 heavy (non-hydrogen) atoms. The van der Waals surface area contributed by atoms with Crippen molar-refractivity contribution in [3.8, 4) is 0 Å². The van der Waals surface area contributed by atoms with E-state index in [1.807, 2.05) is 36.1 Å². The number of aliphatic hydroxyl groups is 1. The SMILES string of the molecule is CCCCN1CC([C@@H](O)c2cc(F)c([C@@H]3c4[nH]c5ccccc5c4C[C@@H](C)N3CC(C)(C)F)c(F)c2)C1. The monoisotopic (exact) mass is 513 g/mol. The van der Waals surface area contributed by atoms with Gasteiger partial charge in [0.25, 0.3) is 0 Å². The topological polar surface area (TPSA) is 42.5 Å². The van der Waals surface area contributed by atoms with Gasteiger partial charge in [-0.3, -0.25) is 4.90 Å². The molecule has 7 heteroatoms. The van der Waals surface area contributed by atoms with E-state index >= 15 is 8.78 Å². The van der Waals surface area contributed by atoms with Gasteiger partial charge in [0.1, 0.15) is 17.3 Å². The van der Waals surface area contributed by atoms with Gasteiger partial charge in [-0.2, -0.15) is 0 Å². The summed E-state index contributed by atoms with van der Waals surface area (Å²) in [5.74, 6) is -1.46. The fourth-order valence-corrected chi connectivity index (χ4v) is 6.18. The van der Waals surface area contributed by atoms with Crippen LogP contribution in [0.15, 0.2) is 36.4 Å². The largest absolute Gasteiger partial charge is 0.388 e. The highest BCUT2D eigenvalue weighted by atomic mass is 19.1. The lowest BCUT2D eigenvalue weighted by Crippen LogP contribution is -2.49. The van der Waals surface area contributed by atoms with Crippen molar-refractivity contribution in [1.29, 1.82) is 0 Å². The Morgan fingerprint density at radius 1 is 1.14 bits per heavy atom. The Bertz CT molecular complexity index is 1240. The Hall–Kier alpha value is -2.35. The first-order chi connectivity index (χ1) is 17.6. The van der Waals surface area contributed by atoms with Crippen LogP contribution in [0.2, 0.25) is 0 Å². The number of unbranched alkanes of at least 4 members (excludes halogenated alkanes) is 1. The van der Waals surface area contributed by atoms with E-state index in [-0.39, 0.29) is 29.6 Å². The van der Waals surface area contributed by atoms with Gasteiger partial charge in [-0.1, -0.05) is 31.5 Å². The number of aromatic nitrogens is 1. The summed E-state index contributed by atoms with van der Waals surface area (Å²) in [7, 11) is 0. The third kappa shape index (κ3) is 5.06. The summed E-state index contributed by atoms with van der Waals surface area (Å²) in [6.07, 6.45) is 1.94. The number of benzene rings is 2. The third-order valence-electron chi connectivity index (χ3n) is 8.05. The standard InChI is InChI=1S/C30H38F3N3O/c1-5-6-11-35-15-20(16-35)29(37)19-13-23(31)26(24(32)14-19)28-27-22(21-9-7-8-10-25(21)34-27)12-18(2)36(28)17-30(3,4)33/h7-10,13-14,18,20,28-29,34,37H,5-6,11-12,15-17H2,1-4H3/t18-,28-,29+/m1/s1. The maximum Gasteiger partial charge on any atom is 0.131 e. The normalized spacial score (nSPS) is 22.3. The van der Waals surface area contributed by atoms with Crippen molar-refractivity contribution in [3.05, 3.63) is 70.4 Å². The van der Waals surface area contributed by atoms with E-state index in [0.717, 1.165) is 48.9 Å². The quantitative estimate of drug-likeness (QED) is 0.372. The second-order valence-corrected chi connectivity index (χ2v) is 11.6. The molecule has 0 unspecified atom stereocenters. The first-order valence-electron chi connectivity index (χ1n) is 13.5. The molecule has 3 atom stereocenters. The van der Waals surface area contributed by atoms with Crippen LogP contribution in [0, 0.1) is 17.6 Å². The molecule has 1 saturated heterocycles. The van der Waals surface area contributed by atoms with Crippen molar-refractivity contribution in [2.75, 3.05) is 26.2 Å². The van der Waals surface area contributed by atoms with E-state index in [1.54, 1.807) is 0 Å². The van der Waals surface area contributed by atoms with E-state index in [9.17, 15) is 9.50 Å². The minimum atomic E-state index is -1.55. The smallest absolute Gasteiger partial charge is 0.131 e. The van der Waals surface area contributed by atoms with Crippen LogP contribution in [0.25, 0.3) is 10.9 Å². The van der Waals surface area contributed by atoms with Crippen molar-refractivity contribution in [2.45, 2.75) is 70.8 Å². The Balaban J connectivity index is 1.52. The third-order valence-corrected chi connectivity index (χ3v) is 8.05. The first-order valence-corrected chi connectivity index (χ1v) is 13.5. The minimum Gasteiger partial charge on any atom is -0.388 e. The maximum absolute atomic E-state index is 15.9. The van der Waals surface area contributed by atoms with E-state index in [4.69, 9.17) is 0 Å². The van der Waals surface area contributed by atoms with Crippen LogP contribution in [0.1, 0.15) is 75.1 Å². The van der Waals surface area contributed by atoms with Crippen LogP contribution in [-0.2, 0) is 6.42 Å². The molecule has 2 aliphatic rings. The van der Waals surface area contributed by atoms with Crippen LogP contribution in [0.5, 0.6) is 0 Å². The molecular formula is C30H38F3N3O. The average molecular weight is 514 g/mol. The van der Waals surface area contributed by atoms with Crippen LogP contribution in [0.4, 0.5) is 13.2 Å². The zero-order chi connectivity index (χ0) is 26.5. The number of alkyl halides is 1. The molecule has 2 aliphatic heterocycles. The van der Waals surface area contributed by atoms with E-state index in [0.29, 0.717) is 12.1 Å². The highest BCUT2D eigenvalue weighted by Gasteiger charge is 2.41. The lowest BCUT2D eigenvalue weighted by molar-refractivity contribution is -0.00583. The molecule has 2 aromatic carbocycles. The number of likely N-dealkylation sites (tertiary alicyclic amines) is 1. The van der Waals surface area contributed by atoms with Crippen molar-refractivity contribution in [1.82, 2.24) is 14.8 Å². The number of halogens is 3. The molecule has 0 saturated carbocycles. The van der Waals surface area contributed by atoms with Gasteiger partial charge in [-0.15, -0.1) is 0 Å². The minimum absolute atomic E-state index is 0.0343. The zero-order valence-electron chi connectivity index (χ0n) is 22.2. The van der Waals surface area contributed by atoms with Gasteiger partial charge in [0, 0.05) is 53.8 Å². The molecule has 0 aliphatic carbocycles. The van der Waals surface area contributed by atoms with Crippen LogP contribution in [-0.4, -0.2) is 57.8 Å². The van der Waals surface area contributed by atoms with Gasteiger partial charge in [-0.05, 0) is 69.5 Å². The van der Waals surface area contributed by atoms with Gasteiger partial charge in [0.15, 0.2) is 0 Å². The predicted molar refractivity (Wildman–Crippen MR) is 141 cm³/mol. The number of hydrogen-bond donors (Lipinski definition) is 2. The van der Waals surface area contributed by atoms with Gasteiger partial charge < -0.3 is 15.0 Å². The molecule has 5 rings (SSSR count). The number of nitrogens with one attached hydrogen (secondary N) is 1. The second-order valence-electron chi connectivity index (χ2n) is 11.6. The number of fused-ring (bicyclic) bond motifs is 3. The molecule has 3 heterocycles. The number of para-hydroxylation sites is 1. The Morgan fingerprint density at radius 2 is 1.81 bits per heavy atom. The van der Waals surface area contributed by atoms with Gasteiger partial charge >= 0.3 is 0 Å². The van der Waals surface area contributed by atoms with Gasteiger partial charge in [0.05, 0.1) is 12.1 Å². The van der Waals surface area contributed by atoms with E-state index in [1.165, 1.54) is 26.0 Å². The van der Waals surface area contributed by atoms with Crippen LogP contribution < -0.4 is 0 Å². The fourth-order valence-electron chi connectivity index (χ4n) is 6.18. The molecule has 0 bridgehead atoms. The van der Waals surface area contributed by atoms with Crippen molar-refractivity contribution in [2.24, 2.45) is 5.92 Å². The Kier molecular flexibility index (Phi) is 7.16. The van der Waals surface area contributed by atoms with Crippen LogP contribution >= 0.6 is 0 Å².